The minimum absolute atomic E-state index is 0.204. The van der Waals surface area contributed by atoms with Gasteiger partial charge in [-0.3, -0.25) is 5.43 Å². The van der Waals surface area contributed by atoms with Crippen LogP contribution in [0.2, 0.25) is 0 Å². The molecule has 0 atom stereocenters. The molecule has 0 fully saturated rings. The van der Waals surface area contributed by atoms with Crippen LogP contribution in [0.5, 0.6) is 0 Å². The molecule has 2 heterocycles. The van der Waals surface area contributed by atoms with Crippen molar-refractivity contribution in [2.24, 2.45) is 5.10 Å². The van der Waals surface area contributed by atoms with Crippen LogP contribution in [0.1, 0.15) is 16.9 Å². The fourth-order valence-electron chi connectivity index (χ4n) is 1.97. The van der Waals surface area contributed by atoms with E-state index >= 15 is 0 Å². The second kappa shape index (κ2) is 7.65. The van der Waals surface area contributed by atoms with Crippen molar-refractivity contribution < 1.29 is 17.6 Å². The van der Waals surface area contributed by atoms with E-state index < -0.39 is 11.7 Å². The third kappa shape index (κ3) is 4.89. The van der Waals surface area contributed by atoms with Crippen LogP contribution in [0.3, 0.4) is 0 Å². The van der Waals surface area contributed by atoms with Crippen LogP contribution in [0.15, 0.2) is 74.2 Å². The fourth-order valence-corrected chi connectivity index (χ4v) is 2.75. The first-order valence-electron chi connectivity index (χ1n) is 7.57. The highest BCUT2D eigenvalue weighted by Crippen LogP contribution is 2.30. The van der Waals surface area contributed by atoms with E-state index in [1.54, 1.807) is 6.07 Å². The van der Waals surface area contributed by atoms with Crippen molar-refractivity contribution >= 4 is 23.8 Å². The number of alkyl halides is 3. The average molecular weight is 377 g/mol. The Hall–Kier alpha value is -2.74. The lowest BCUT2D eigenvalue weighted by Gasteiger charge is -2.06. The van der Waals surface area contributed by atoms with Crippen LogP contribution in [-0.2, 0) is 6.18 Å². The number of rotatable bonds is 5. The summed E-state index contributed by atoms with van der Waals surface area (Å²) in [5.74, 6) is 0.717. The third-order valence-corrected chi connectivity index (χ3v) is 4.23. The summed E-state index contributed by atoms with van der Waals surface area (Å²) in [5.41, 5.74) is 2.94. The topological polar surface area (TPSA) is 50.4 Å². The van der Waals surface area contributed by atoms with Gasteiger partial charge in [0.25, 0.3) is 0 Å². The predicted molar refractivity (Wildman–Crippen MR) is 94.5 cm³/mol. The zero-order chi connectivity index (χ0) is 18.6. The summed E-state index contributed by atoms with van der Waals surface area (Å²) in [6, 6.07) is 13.8. The highest BCUT2D eigenvalue weighted by molar-refractivity contribution is 7.99. The van der Waals surface area contributed by atoms with Crippen LogP contribution in [0.25, 0.3) is 0 Å². The standard InChI is InChI=1S/C18H14F3N3OS/c1-12-2-6-15(7-3-12)26-17-9-5-14(25-17)11-23-24-16-8-4-13(10-22-16)18(19,20)21/h2-11H,1H3,(H,22,24)/b23-11-. The first kappa shape index (κ1) is 18.1. The maximum Gasteiger partial charge on any atom is 0.417 e. The molecule has 0 aliphatic rings. The number of benzene rings is 1. The van der Waals surface area contributed by atoms with E-state index in [4.69, 9.17) is 4.42 Å². The number of pyridine rings is 1. The van der Waals surface area contributed by atoms with Gasteiger partial charge in [0.05, 0.1) is 11.8 Å². The molecule has 26 heavy (non-hydrogen) atoms. The zero-order valence-corrected chi connectivity index (χ0v) is 14.4. The molecule has 0 spiro atoms. The Labute approximate surface area is 152 Å². The van der Waals surface area contributed by atoms with Crippen LogP contribution in [0, 0.1) is 6.92 Å². The average Bonchev–Trinajstić information content (AvgIpc) is 3.04. The minimum atomic E-state index is -4.41. The summed E-state index contributed by atoms with van der Waals surface area (Å²) in [6.45, 7) is 2.02. The summed E-state index contributed by atoms with van der Waals surface area (Å²) in [6.07, 6.45) is -2.23. The number of nitrogens with zero attached hydrogens (tertiary/aromatic N) is 2. The number of aryl methyl sites for hydroxylation is 1. The van der Waals surface area contributed by atoms with Gasteiger partial charge in [-0.15, -0.1) is 0 Å². The van der Waals surface area contributed by atoms with E-state index in [1.165, 1.54) is 29.6 Å². The molecular weight excluding hydrogens is 363 g/mol. The minimum Gasteiger partial charge on any atom is -0.448 e. The molecule has 2 aromatic heterocycles. The second-order valence-electron chi connectivity index (χ2n) is 5.37. The van der Waals surface area contributed by atoms with Gasteiger partial charge in [0.15, 0.2) is 5.09 Å². The number of anilines is 1. The number of furan rings is 1. The van der Waals surface area contributed by atoms with Crippen molar-refractivity contribution in [2.45, 2.75) is 23.1 Å². The molecule has 4 nitrogen and oxygen atoms in total. The lowest BCUT2D eigenvalue weighted by atomic mass is 10.2. The van der Waals surface area contributed by atoms with E-state index in [2.05, 4.69) is 15.5 Å². The summed E-state index contributed by atoms with van der Waals surface area (Å²) in [5, 5.41) is 4.62. The molecule has 134 valence electrons. The Bertz CT molecular complexity index is 887. The van der Waals surface area contributed by atoms with Crippen molar-refractivity contribution in [1.82, 2.24) is 4.98 Å². The lowest BCUT2D eigenvalue weighted by Crippen LogP contribution is -2.05. The summed E-state index contributed by atoms with van der Waals surface area (Å²) < 4.78 is 43.0. The van der Waals surface area contributed by atoms with Crippen molar-refractivity contribution in [2.75, 3.05) is 5.43 Å². The van der Waals surface area contributed by atoms with Gasteiger partial charge in [0, 0.05) is 11.1 Å². The smallest absolute Gasteiger partial charge is 0.417 e. The van der Waals surface area contributed by atoms with Crippen LogP contribution >= 0.6 is 11.8 Å². The molecule has 1 aromatic carbocycles. The Balaban J connectivity index is 1.57. The Morgan fingerprint density at radius 1 is 1.08 bits per heavy atom. The number of hydrazone groups is 1. The Kier molecular flexibility index (Phi) is 5.32. The molecule has 0 saturated heterocycles. The van der Waals surface area contributed by atoms with Crippen LogP contribution in [-0.4, -0.2) is 11.2 Å². The van der Waals surface area contributed by atoms with Gasteiger partial charge in [-0.05, 0) is 43.3 Å². The normalized spacial score (nSPS) is 11.8. The van der Waals surface area contributed by atoms with Gasteiger partial charge >= 0.3 is 6.18 Å². The predicted octanol–water partition coefficient (Wildman–Crippen LogP) is 5.60. The van der Waals surface area contributed by atoms with E-state index in [9.17, 15) is 13.2 Å². The number of halogens is 3. The van der Waals surface area contributed by atoms with Gasteiger partial charge in [-0.1, -0.05) is 29.5 Å². The maximum absolute atomic E-state index is 12.5. The molecule has 3 aromatic rings. The van der Waals surface area contributed by atoms with E-state index in [0.29, 0.717) is 10.9 Å². The van der Waals surface area contributed by atoms with Gasteiger partial charge in [0.2, 0.25) is 0 Å². The molecule has 0 bridgehead atoms. The van der Waals surface area contributed by atoms with Crippen LogP contribution < -0.4 is 5.43 Å². The van der Waals surface area contributed by atoms with E-state index in [-0.39, 0.29) is 5.82 Å². The first-order chi connectivity index (χ1) is 12.4. The molecule has 0 aliphatic heterocycles. The van der Waals surface area contributed by atoms with Crippen molar-refractivity contribution in [1.29, 1.82) is 0 Å². The molecule has 0 radical (unpaired) electrons. The quantitative estimate of drug-likeness (QED) is 0.465. The number of hydrogen-bond donors (Lipinski definition) is 1. The monoisotopic (exact) mass is 377 g/mol. The highest BCUT2D eigenvalue weighted by atomic mass is 32.2. The van der Waals surface area contributed by atoms with Crippen LogP contribution in [0.4, 0.5) is 19.0 Å². The zero-order valence-electron chi connectivity index (χ0n) is 13.6. The summed E-state index contributed by atoms with van der Waals surface area (Å²) in [7, 11) is 0. The maximum atomic E-state index is 12.5. The number of nitrogens with one attached hydrogen (secondary N) is 1. The molecule has 3 rings (SSSR count). The SMILES string of the molecule is Cc1ccc(Sc2ccc(/C=N\Nc3ccc(C(F)(F)F)cn3)o2)cc1. The lowest BCUT2D eigenvalue weighted by molar-refractivity contribution is -0.137. The Morgan fingerprint density at radius 3 is 2.50 bits per heavy atom. The fraction of sp³-hybridized carbons (Fsp3) is 0.111. The van der Waals surface area contributed by atoms with Crippen molar-refractivity contribution in [3.8, 4) is 0 Å². The third-order valence-electron chi connectivity index (χ3n) is 3.30. The highest BCUT2D eigenvalue weighted by Gasteiger charge is 2.30. The number of hydrogen-bond acceptors (Lipinski definition) is 5. The summed E-state index contributed by atoms with van der Waals surface area (Å²) >= 11 is 1.48. The molecule has 0 aliphatic carbocycles. The van der Waals surface area contributed by atoms with E-state index in [1.807, 2.05) is 37.3 Å². The largest absolute Gasteiger partial charge is 0.448 e. The molecular formula is C18H14F3N3OS. The molecule has 8 heteroatoms. The molecule has 1 N–H and O–H groups in total. The first-order valence-corrected chi connectivity index (χ1v) is 8.38. The van der Waals surface area contributed by atoms with Crippen molar-refractivity contribution in [3.63, 3.8) is 0 Å². The molecule has 0 amide bonds. The molecule has 0 saturated carbocycles. The van der Waals surface area contributed by atoms with Crippen molar-refractivity contribution in [3.05, 3.63) is 71.6 Å². The van der Waals surface area contributed by atoms with Gasteiger partial charge in [-0.25, -0.2) is 4.98 Å². The summed E-state index contributed by atoms with van der Waals surface area (Å²) in [4.78, 5) is 4.72. The van der Waals surface area contributed by atoms with Gasteiger partial charge in [-0.2, -0.15) is 18.3 Å². The second-order valence-corrected chi connectivity index (χ2v) is 6.45. The Morgan fingerprint density at radius 2 is 1.85 bits per heavy atom. The number of aromatic nitrogens is 1. The van der Waals surface area contributed by atoms with Gasteiger partial charge in [0.1, 0.15) is 11.6 Å². The van der Waals surface area contributed by atoms with E-state index in [0.717, 1.165) is 17.2 Å². The molecule has 0 unspecified atom stereocenters. The van der Waals surface area contributed by atoms with Gasteiger partial charge < -0.3 is 4.42 Å².